The summed E-state index contributed by atoms with van der Waals surface area (Å²) in [5.41, 5.74) is 0. The van der Waals surface area contributed by atoms with Gasteiger partial charge in [0.15, 0.2) is 11.5 Å². The lowest BCUT2D eigenvalue weighted by molar-refractivity contribution is 0.258. The molecule has 0 heterocycles. The number of para-hydroxylation sites is 2. The normalized spacial score (nSPS) is 10.5. The van der Waals surface area contributed by atoms with Crippen molar-refractivity contribution in [2.24, 2.45) is 0 Å². The lowest BCUT2D eigenvalue weighted by Crippen LogP contribution is -2.03. The number of hydrogen-bond donors (Lipinski definition) is 0. The Balaban J connectivity index is 1.40. The van der Waals surface area contributed by atoms with Gasteiger partial charge >= 0.3 is 0 Å². The number of unbranched alkanes of at least 4 members (excludes halogenated alkanes) is 1. The summed E-state index contributed by atoms with van der Waals surface area (Å²) < 4.78 is 16.9. The standard InChI is InChI=1S/C21H22O3/c1-22-20-10-4-5-11-21(20)24-15-7-6-14-23-19-13-12-17-8-2-3-9-18(17)16-19/h2-5,8-13,16H,6-7,14-15H2,1H3. The van der Waals surface area contributed by atoms with E-state index in [-0.39, 0.29) is 0 Å². The van der Waals surface area contributed by atoms with Gasteiger partial charge in [-0.05, 0) is 47.9 Å². The van der Waals surface area contributed by atoms with Crippen LogP contribution < -0.4 is 14.2 Å². The Bertz CT molecular complexity index is 783. The zero-order valence-corrected chi connectivity index (χ0v) is 13.9. The SMILES string of the molecule is COc1ccccc1OCCCCOc1ccc2ccccc2c1. The monoisotopic (exact) mass is 322 g/mol. The maximum atomic E-state index is 5.83. The first-order chi connectivity index (χ1) is 11.9. The fourth-order valence-corrected chi connectivity index (χ4v) is 2.57. The van der Waals surface area contributed by atoms with Gasteiger partial charge in [0.05, 0.1) is 20.3 Å². The summed E-state index contributed by atoms with van der Waals surface area (Å²) in [6, 6.07) is 22.2. The van der Waals surface area contributed by atoms with E-state index in [4.69, 9.17) is 14.2 Å². The average molecular weight is 322 g/mol. The van der Waals surface area contributed by atoms with Crippen LogP contribution in [0.5, 0.6) is 17.2 Å². The molecule has 0 bridgehead atoms. The quantitative estimate of drug-likeness (QED) is 0.541. The van der Waals surface area contributed by atoms with Crippen molar-refractivity contribution in [2.75, 3.05) is 20.3 Å². The summed E-state index contributed by atoms with van der Waals surface area (Å²) in [6.07, 6.45) is 1.88. The average Bonchev–Trinajstić information content (AvgIpc) is 2.64. The van der Waals surface area contributed by atoms with Gasteiger partial charge in [-0.25, -0.2) is 0 Å². The number of methoxy groups -OCH3 is 1. The summed E-state index contributed by atoms with van der Waals surface area (Å²) in [7, 11) is 1.65. The van der Waals surface area contributed by atoms with Crippen molar-refractivity contribution < 1.29 is 14.2 Å². The highest BCUT2D eigenvalue weighted by Gasteiger charge is 2.02. The summed E-state index contributed by atoms with van der Waals surface area (Å²) in [6.45, 7) is 1.34. The zero-order chi connectivity index (χ0) is 16.6. The van der Waals surface area contributed by atoms with E-state index in [1.54, 1.807) is 7.11 Å². The Labute approximate surface area is 142 Å². The molecule has 3 aromatic rings. The van der Waals surface area contributed by atoms with Gasteiger partial charge in [-0.15, -0.1) is 0 Å². The van der Waals surface area contributed by atoms with Crippen LogP contribution in [-0.4, -0.2) is 20.3 Å². The van der Waals surface area contributed by atoms with Gasteiger partial charge in [0.25, 0.3) is 0 Å². The third-order valence-corrected chi connectivity index (χ3v) is 3.85. The molecule has 124 valence electrons. The molecule has 24 heavy (non-hydrogen) atoms. The smallest absolute Gasteiger partial charge is 0.161 e. The summed E-state index contributed by atoms with van der Waals surface area (Å²) >= 11 is 0. The van der Waals surface area contributed by atoms with E-state index in [9.17, 15) is 0 Å². The second-order valence-corrected chi connectivity index (χ2v) is 5.56. The van der Waals surface area contributed by atoms with Gasteiger partial charge in [0, 0.05) is 0 Å². The van der Waals surface area contributed by atoms with Crippen LogP contribution in [0.2, 0.25) is 0 Å². The van der Waals surface area contributed by atoms with E-state index in [2.05, 4.69) is 24.3 Å². The van der Waals surface area contributed by atoms with Crippen LogP contribution >= 0.6 is 0 Å². The number of fused-ring (bicyclic) bond motifs is 1. The Kier molecular flexibility index (Phi) is 5.56. The molecule has 0 aromatic heterocycles. The highest BCUT2D eigenvalue weighted by molar-refractivity contribution is 5.83. The zero-order valence-electron chi connectivity index (χ0n) is 13.9. The van der Waals surface area contributed by atoms with Gasteiger partial charge < -0.3 is 14.2 Å². The van der Waals surface area contributed by atoms with Crippen molar-refractivity contribution >= 4 is 10.8 Å². The predicted octanol–water partition coefficient (Wildman–Crippen LogP) is 5.09. The molecule has 0 atom stereocenters. The van der Waals surface area contributed by atoms with E-state index in [1.165, 1.54) is 10.8 Å². The van der Waals surface area contributed by atoms with Crippen LogP contribution in [0.3, 0.4) is 0 Å². The fourth-order valence-electron chi connectivity index (χ4n) is 2.57. The molecular weight excluding hydrogens is 300 g/mol. The van der Waals surface area contributed by atoms with Crippen molar-refractivity contribution in [2.45, 2.75) is 12.8 Å². The number of ether oxygens (including phenoxy) is 3. The van der Waals surface area contributed by atoms with E-state index in [0.717, 1.165) is 30.1 Å². The molecule has 3 aromatic carbocycles. The fraction of sp³-hybridized carbons (Fsp3) is 0.238. The first-order valence-corrected chi connectivity index (χ1v) is 8.24. The largest absolute Gasteiger partial charge is 0.494 e. The molecule has 0 fully saturated rings. The van der Waals surface area contributed by atoms with Crippen LogP contribution in [0.15, 0.2) is 66.7 Å². The van der Waals surface area contributed by atoms with Crippen molar-refractivity contribution in [1.29, 1.82) is 0 Å². The molecule has 0 saturated carbocycles. The Morgan fingerprint density at radius 2 is 1.33 bits per heavy atom. The summed E-state index contributed by atoms with van der Waals surface area (Å²) in [5, 5.41) is 2.43. The number of rotatable bonds is 8. The number of hydrogen-bond acceptors (Lipinski definition) is 3. The van der Waals surface area contributed by atoms with Crippen LogP contribution in [0.4, 0.5) is 0 Å². The highest BCUT2D eigenvalue weighted by atomic mass is 16.5. The lowest BCUT2D eigenvalue weighted by Gasteiger charge is -2.10. The molecule has 3 heteroatoms. The summed E-state index contributed by atoms with van der Waals surface area (Å²) in [5.74, 6) is 2.47. The first kappa shape index (κ1) is 16.2. The third kappa shape index (κ3) is 4.19. The maximum Gasteiger partial charge on any atom is 0.161 e. The molecule has 0 amide bonds. The molecule has 0 N–H and O–H groups in total. The lowest BCUT2D eigenvalue weighted by atomic mass is 10.1. The van der Waals surface area contributed by atoms with Gasteiger partial charge in [-0.1, -0.05) is 42.5 Å². The minimum atomic E-state index is 0.654. The van der Waals surface area contributed by atoms with Gasteiger partial charge in [0.1, 0.15) is 5.75 Å². The molecular formula is C21H22O3. The topological polar surface area (TPSA) is 27.7 Å². The van der Waals surface area contributed by atoms with Crippen molar-refractivity contribution in [3.63, 3.8) is 0 Å². The molecule has 0 spiro atoms. The first-order valence-electron chi connectivity index (χ1n) is 8.24. The van der Waals surface area contributed by atoms with Crippen LogP contribution in [0, 0.1) is 0 Å². The van der Waals surface area contributed by atoms with Gasteiger partial charge in [0.2, 0.25) is 0 Å². The Hall–Kier alpha value is -2.68. The minimum Gasteiger partial charge on any atom is -0.494 e. The molecule has 0 aliphatic rings. The van der Waals surface area contributed by atoms with Gasteiger partial charge in [-0.2, -0.15) is 0 Å². The Morgan fingerprint density at radius 3 is 2.12 bits per heavy atom. The highest BCUT2D eigenvalue weighted by Crippen LogP contribution is 2.26. The molecule has 0 radical (unpaired) electrons. The number of benzene rings is 3. The molecule has 0 saturated heterocycles. The van der Waals surface area contributed by atoms with E-state index >= 15 is 0 Å². The second kappa shape index (κ2) is 8.25. The molecule has 3 rings (SSSR count). The minimum absolute atomic E-state index is 0.654. The van der Waals surface area contributed by atoms with Crippen molar-refractivity contribution in [1.82, 2.24) is 0 Å². The Morgan fingerprint density at radius 1 is 0.667 bits per heavy atom. The molecule has 0 aliphatic carbocycles. The molecule has 3 nitrogen and oxygen atoms in total. The maximum absolute atomic E-state index is 5.83. The van der Waals surface area contributed by atoms with Gasteiger partial charge in [-0.3, -0.25) is 0 Å². The third-order valence-electron chi connectivity index (χ3n) is 3.85. The molecule has 0 aliphatic heterocycles. The second-order valence-electron chi connectivity index (χ2n) is 5.56. The van der Waals surface area contributed by atoms with E-state index in [1.807, 2.05) is 42.5 Å². The molecule has 0 unspecified atom stereocenters. The van der Waals surface area contributed by atoms with Crippen molar-refractivity contribution in [3.05, 3.63) is 66.7 Å². The predicted molar refractivity (Wildman–Crippen MR) is 97.2 cm³/mol. The summed E-state index contributed by atoms with van der Waals surface area (Å²) in [4.78, 5) is 0. The van der Waals surface area contributed by atoms with E-state index < -0.39 is 0 Å². The van der Waals surface area contributed by atoms with Crippen LogP contribution in [0.1, 0.15) is 12.8 Å². The van der Waals surface area contributed by atoms with Crippen molar-refractivity contribution in [3.8, 4) is 17.2 Å². The van der Waals surface area contributed by atoms with Crippen LogP contribution in [-0.2, 0) is 0 Å². The van der Waals surface area contributed by atoms with E-state index in [0.29, 0.717) is 13.2 Å². The van der Waals surface area contributed by atoms with Crippen LogP contribution in [0.25, 0.3) is 10.8 Å².